The van der Waals surface area contributed by atoms with Crippen LogP contribution in [0.3, 0.4) is 0 Å². The summed E-state index contributed by atoms with van der Waals surface area (Å²) in [6.45, 7) is 4.07. The quantitative estimate of drug-likeness (QED) is 0.622. The van der Waals surface area contributed by atoms with Crippen LogP contribution in [0.1, 0.15) is 48.3 Å². The van der Waals surface area contributed by atoms with E-state index in [1.165, 1.54) is 11.1 Å². The van der Waals surface area contributed by atoms with Crippen molar-refractivity contribution in [2.24, 2.45) is 0 Å². The highest BCUT2D eigenvalue weighted by atomic mass is 19.1. The highest BCUT2D eigenvalue weighted by Crippen LogP contribution is 2.31. The maximum absolute atomic E-state index is 13.7. The number of rotatable bonds is 4. The van der Waals surface area contributed by atoms with Gasteiger partial charge in [-0.15, -0.1) is 0 Å². The molecule has 3 rings (SSSR count). The van der Waals surface area contributed by atoms with E-state index in [0.717, 1.165) is 18.4 Å². The molecular formula is C22H23F. The van der Waals surface area contributed by atoms with Crippen molar-refractivity contribution in [1.29, 1.82) is 0 Å². The van der Waals surface area contributed by atoms with Crippen LogP contribution in [0.4, 0.5) is 4.39 Å². The molecule has 0 aromatic heterocycles. The van der Waals surface area contributed by atoms with Gasteiger partial charge in [-0.2, -0.15) is 0 Å². The molecule has 0 radical (unpaired) electrons. The number of halogens is 1. The van der Waals surface area contributed by atoms with Crippen LogP contribution in [-0.2, 0) is 0 Å². The lowest BCUT2D eigenvalue weighted by Crippen LogP contribution is -2.02. The normalized spacial score (nSPS) is 18.6. The van der Waals surface area contributed by atoms with E-state index in [1.54, 1.807) is 13.0 Å². The first-order valence-electron chi connectivity index (χ1n) is 8.31. The van der Waals surface area contributed by atoms with Gasteiger partial charge in [-0.1, -0.05) is 73.2 Å². The van der Waals surface area contributed by atoms with Crippen molar-refractivity contribution in [3.05, 3.63) is 94.8 Å². The topological polar surface area (TPSA) is 0 Å². The summed E-state index contributed by atoms with van der Waals surface area (Å²) in [5.74, 6) is 0.699. The summed E-state index contributed by atoms with van der Waals surface area (Å²) in [4.78, 5) is 0. The van der Waals surface area contributed by atoms with E-state index in [1.807, 2.05) is 12.1 Å². The van der Waals surface area contributed by atoms with Gasteiger partial charge in [0.2, 0.25) is 0 Å². The molecule has 0 saturated heterocycles. The van der Waals surface area contributed by atoms with Crippen LogP contribution in [0.5, 0.6) is 0 Å². The number of hydrogen-bond donors (Lipinski definition) is 0. The second-order valence-corrected chi connectivity index (χ2v) is 6.50. The zero-order chi connectivity index (χ0) is 16.2. The van der Waals surface area contributed by atoms with Crippen LogP contribution in [0.15, 0.2) is 72.3 Å². The molecule has 0 fully saturated rings. The second kappa shape index (κ2) is 6.95. The average Bonchev–Trinajstić information content (AvgIpc) is 2.59. The molecule has 1 heteroatoms. The Kier molecular flexibility index (Phi) is 4.76. The molecule has 1 aliphatic rings. The molecule has 0 saturated carbocycles. The third-order valence-corrected chi connectivity index (χ3v) is 4.71. The van der Waals surface area contributed by atoms with E-state index in [-0.39, 0.29) is 5.82 Å². The van der Waals surface area contributed by atoms with E-state index in [4.69, 9.17) is 0 Å². The van der Waals surface area contributed by atoms with Crippen LogP contribution in [0, 0.1) is 12.7 Å². The summed E-state index contributed by atoms with van der Waals surface area (Å²) >= 11 is 0. The van der Waals surface area contributed by atoms with Gasteiger partial charge in [0.25, 0.3) is 0 Å². The van der Waals surface area contributed by atoms with E-state index in [2.05, 4.69) is 55.5 Å². The van der Waals surface area contributed by atoms with Gasteiger partial charge in [-0.3, -0.25) is 0 Å². The van der Waals surface area contributed by atoms with E-state index >= 15 is 0 Å². The standard InChI is InChI=1S/C22H23F/c1-16-8-11-21(15-22(16)23)20-12-9-18(10-13-20)14-17(2)19-6-4-3-5-7-19/h3-12,15,17,20H,13-14H2,1-2H3/t17-,20?/m1/s1. The van der Waals surface area contributed by atoms with Crippen molar-refractivity contribution in [2.45, 2.75) is 38.5 Å². The molecule has 0 bridgehead atoms. The zero-order valence-corrected chi connectivity index (χ0v) is 13.8. The summed E-state index contributed by atoms with van der Waals surface area (Å²) in [6.07, 6.45) is 8.75. The summed E-state index contributed by atoms with van der Waals surface area (Å²) in [5, 5.41) is 0. The third-order valence-electron chi connectivity index (χ3n) is 4.71. The Morgan fingerprint density at radius 3 is 2.57 bits per heavy atom. The molecule has 0 N–H and O–H groups in total. The van der Waals surface area contributed by atoms with Crippen LogP contribution in [-0.4, -0.2) is 0 Å². The van der Waals surface area contributed by atoms with Gasteiger partial charge in [-0.25, -0.2) is 4.39 Å². The van der Waals surface area contributed by atoms with Crippen molar-refractivity contribution in [2.75, 3.05) is 0 Å². The Hall–Kier alpha value is -2.15. The van der Waals surface area contributed by atoms with Gasteiger partial charge in [0, 0.05) is 5.92 Å². The predicted octanol–water partition coefficient (Wildman–Crippen LogP) is 6.30. The van der Waals surface area contributed by atoms with Crippen molar-refractivity contribution in [3.63, 3.8) is 0 Å². The molecule has 0 nitrogen and oxygen atoms in total. The molecule has 0 aliphatic heterocycles. The molecule has 2 aromatic rings. The first-order valence-corrected chi connectivity index (χ1v) is 8.31. The number of aryl methyl sites for hydroxylation is 1. The Labute approximate surface area is 138 Å². The van der Waals surface area contributed by atoms with E-state index < -0.39 is 0 Å². The lowest BCUT2D eigenvalue weighted by Gasteiger charge is -2.19. The molecular weight excluding hydrogens is 283 g/mol. The fourth-order valence-corrected chi connectivity index (χ4v) is 3.16. The minimum Gasteiger partial charge on any atom is -0.207 e. The molecule has 2 aromatic carbocycles. The summed E-state index contributed by atoms with van der Waals surface area (Å²) in [5.41, 5.74) is 4.53. The fraction of sp³-hybridized carbons (Fsp3) is 0.273. The van der Waals surface area contributed by atoms with Gasteiger partial charge in [-0.05, 0) is 48.4 Å². The van der Waals surface area contributed by atoms with Crippen molar-refractivity contribution >= 4 is 0 Å². The number of allylic oxidation sites excluding steroid dienone is 4. The van der Waals surface area contributed by atoms with Gasteiger partial charge < -0.3 is 0 Å². The molecule has 1 aliphatic carbocycles. The van der Waals surface area contributed by atoms with Crippen LogP contribution < -0.4 is 0 Å². The smallest absolute Gasteiger partial charge is 0.126 e. The minimum atomic E-state index is -0.108. The zero-order valence-electron chi connectivity index (χ0n) is 13.8. The molecule has 2 atom stereocenters. The Balaban J connectivity index is 1.65. The molecule has 23 heavy (non-hydrogen) atoms. The van der Waals surface area contributed by atoms with Gasteiger partial charge in [0.1, 0.15) is 5.82 Å². The molecule has 0 heterocycles. The maximum Gasteiger partial charge on any atom is 0.126 e. The SMILES string of the molecule is Cc1ccc(C2C=CC(C[C@@H](C)c3ccccc3)=CC2)cc1F. The Bertz CT molecular complexity index is 725. The van der Waals surface area contributed by atoms with Gasteiger partial charge in [0.05, 0.1) is 0 Å². The fourth-order valence-electron chi connectivity index (χ4n) is 3.16. The summed E-state index contributed by atoms with van der Waals surface area (Å²) in [6, 6.07) is 16.2. The molecule has 0 amide bonds. The van der Waals surface area contributed by atoms with Gasteiger partial charge >= 0.3 is 0 Å². The highest BCUT2D eigenvalue weighted by Gasteiger charge is 2.14. The van der Waals surface area contributed by atoms with Crippen molar-refractivity contribution < 1.29 is 4.39 Å². The average molecular weight is 306 g/mol. The minimum absolute atomic E-state index is 0.108. The molecule has 0 spiro atoms. The lowest BCUT2D eigenvalue weighted by molar-refractivity contribution is 0.614. The van der Waals surface area contributed by atoms with Crippen LogP contribution >= 0.6 is 0 Å². The van der Waals surface area contributed by atoms with Crippen LogP contribution in [0.2, 0.25) is 0 Å². The summed E-state index contributed by atoms with van der Waals surface area (Å²) < 4.78 is 13.7. The highest BCUT2D eigenvalue weighted by molar-refractivity contribution is 5.35. The number of hydrogen-bond acceptors (Lipinski definition) is 0. The monoisotopic (exact) mass is 306 g/mol. The van der Waals surface area contributed by atoms with Crippen molar-refractivity contribution in [1.82, 2.24) is 0 Å². The molecule has 118 valence electrons. The van der Waals surface area contributed by atoms with E-state index in [9.17, 15) is 4.39 Å². The lowest BCUT2D eigenvalue weighted by atomic mass is 9.86. The second-order valence-electron chi connectivity index (χ2n) is 6.50. The Morgan fingerprint density at radius 2 is 1.91 bits per heavy atom. The largest absolute Gasteiger partial charge is 0.207 e. The Morgan fingerprint density at radius 1 is 1.13 bits per heavy atom. The molecule has 1 unspecified atom stereocenters. The first kappa shape index (κ1) is 15.7. The first-order chi connectivity index (χ1) is 11.1. The van der Waals surface area contributed by atoms with Crippen molar-refractivity contribution in [3.8, 4) is 0 Å². The van der Waals surface area contributed by atoms with Crippen LogP contribution in [0.25, 0.3) is 0 Å². The van der Waals surface area contributed by atoms with Gasteiger partial charge in [0.15, 0.2) is 0 Å². The predicted molar refractivity (Wildman–Crippen MR) is 95.2 cm³/mol. The van der Waals surface area contributed by atoms with E-state index in [0.29, 0.717) is 17.4 Å². The third kappa shape index (κ3) is 3.79. The maximum atomic E-state index is 13.7. The number of benzene rings is 2. The summed E-state index contributed by atoms with van der Waals surface area (Å²) in [7, 11) is 0.